The normalized spacial score (nSPS) is 18.9. The summed E-state index contributed by atoms with van der Waals surface area (Å²) in [5.41, 5.74) is 2.29. The number of rotatable bonds is 2. The Morgan fingerprint density at radius 3 is 2.89 bits per heavy atom. The minimum atomic E-state index is 0. The molecule has 2 heterocycles. The number of aromatic nitrogens is 2. The Balaban J connectivity index is 0.00000180. The van der Waals surface area contributed by atoms with Crippen LogP contribution in [0, 0.1) is 6.92 Å². The van der Waals surface area contributed by atoms with Gasteiger partial charge in [-0.25, -0.2) is 0 Å². The van der Waals surface area contributed by atoms with Crippen molar-refractivity contribution in [3.05, 3.63) is 23.0 Å². The molecule has 1 aliphatic heterocycles. The molecule has 0 aromatic carbocycles. The molecule has 0 spiro atoms. The van der Waals surface area contributed by atoms with E-state index in [1.165, 1.54) is 0 Å². The lowest BCUT2D eigenvalue weighted by atomic mass is 10.1. The maximum Gasteiger partial charge on any atom is 0.256 e. The van der Waals surface area contributed by atoms with E-state index in [0.29, 0.717) is 5.56 Å². The lowest BCUT2D eigenvalue weighted by Crippen LogP contribution is -2.52. The molecule has 0 aliphatic carbocycles. The molecular formula is C13H21ClN4O. The zero-order valence-electron chi connectivity index (χ0n) is 11.6. The van der Waals surface area contributed by atoms with Crippen molar-refractivity contribution in [1.29, 1.82) is 0 Å². The third-order valence-electron chi connectivity index (χ3n) is 3.32. The van der Waals surface area contributed by atoms with E-state index >= 15 is 0 Å². The molecule has 1 N–H and O–H groups in total. The molecule has 0 radical (unpaired) electrons. The first-order valence-electron chi connectivity index (χ1n) is 6.48. The van der Waals surface area contributed by atoms with Crippen LogP contribution in [0.3, 0.4) is 0 Å². The van der Waals surface area contributed by atoms with Crippen LogP contribution in [-0.4, -0.2) is 46.7 Å². The zero-order valence-corrected chi connectivity index (χ0v) is 12.5. The SMILES string of the molecule is CCc1nnc(C)cc1C(=O)N1CCNC[C@@H]1C.Cl. The van der Waals surface area contributed by atoms with E-state index in [1.54, 1.807) is 0 Å². The summed E-state index contributed by atoms with van der Waals surface area (Å²) in [5, 5.41) is 11.4. The van der Waals surface area contributed by atoms with Gasteiger partial charge in [-0.1, -0.05) is 6.92 Å². The number of amides is 1. The van der Waals surface area contributed by atoms with Crippen LogP contribution in [0.25, 0.3) is 0 Å². The molecule has 1 aromatic rings. The maximum atomic E-state index is 12.6. The molecule has 2 rings (SSSR count). The van der Waals surface area contributed by atoms with Crippen molar-refractivity contribution in [3.8, 4) is 0 Å². The van der Waals surface area contributed by atoms with E-state index in [4.69, 9.17) is 0 Å². The fraction of sp³-hybridized carbons (Fsp3) is 0.615. The second-order valence-electron chi connectivity index (χ2n) is 4.75. The van der Waals surface area contributed by atoms with Crippen molar-refractivity contribution in [3.63, 3.8) is 0 Å². The number of nitrogens with zero attached hydrogens (tertiary/aromatic N) is 3. The van der Waals surface area contributed by atoms with Gasteiger partial charge in [-0.05, 0) is 26.3 Å². The van der Waals surface area contributed by atoms with Gasteiger partial charge in [0.1, 0.15) is 0 Å². The number of aryl methyl sites for hydroxylation is 2. The Labute approximate surface area is 120 Å². The fourth-order valence-corrected chi connectivity index (χ4v) is 2.26. The Kier molecular flexibility index (Phi) is 5.69. The van der Waals surface area contributed by atoms with E-state index in [-0.39, 0.29) is 24.4 Å². The summed E-state index contributed by atoms with van der Waals surface area (Å²) in [6.07, 6.45) is 0.731. The second kappa shape index (κ2) is 6.82. The number of piperazine rings is 1. The Bertz CT molecular complexity index is 452. The van der Waals surface area contributed by atoms with Gasteiger partial charge in [0, 0.05) is 25.7 Å². The van der Waals surface area contributed by atoms with E-state index in [0.717, 1.165) is 37.4 Å². The van der Waals surface area contributed by atoms with E-state index in [2.05, 4.69) is 22.4 Å². The molecule has 1 atom stereocenters. The molecular weight excluding hydrogens is 264 g/mol. The van der Waals surface area contributed by atoms with Crippen LogP contribution in [0.2, 0.25) is 0 Å². The van der Waals surface area contributed by atoms with E-state index in [1.807, 2.05) is 24.8 Å². The molecule has 0 saturated carbocycles. The third kappa shape index (κ3) is 3.42. The average Bonchev–Trinajstić information content (AvgIpc) is 2.38. The van der Waals surface area contributed by atoms with Crippen molar-refractivity contribution in [2.45, 2.75) is 33.2 Å². The Morgan fingerprint density at radius 1 is 1.53 bits per heavy atom. The third-order valence-corrected chi connectivity index (χ3v) is 3.32. The highest BCUT2D eigenvalue weighted by Crippen LogP contribution is 2.14. The monoisotopic (exact) mass is 284 g/mol. The van der Waals surface area contributed by atoms with Crippen LogP contribution in [-0.2, 0) is 6.42 Å². The summed E-state index contributed by atoms with van der Waals surface area (Å²) in [4.78, 5) is 14.5. The fourth-order valence-electron chi connectivity index (χ4n) is 2.26. The molecule has 0 unspecified atom stereocenters. The van der Waals surface area contributed by atoms with Crippen LogP contribution in [0.15, 0.2) is 6.07 Å². The molecule has 1 fully saturated rings. The summed E-state index contributed by atoms with van der Waals surface area (Å²) < 4.78 is 0. The van der Waals surface area contributed by atoms with Gasteiger partial charge in [0.15, 0.2) is 0 Å². The van der Waals surface area contributed by atoms with Gasteiger partial charge >= 0.3 is 0 Å². The molecule has 1 amide bonds. The minimum Gasteiger partial charge on any atom is -0.333 e. The first kappa shape index (κ1) is 15.9. The number of halogens is 1. The molecule has 19 heavy (non-hydrogen) atoms. The van der Waals surface area contributed by atoms with Crippen molar-refractivity contribution in [2.75, 3.05) is 19.6 Å². The number of hydrogen-bond donors (Lipinski definition) is 1. The van der Waals surface area contributed by atoms with Gasteiger partial charge in [0.25, 0.3) is 5.91 Å². The number of carbonyl (C=O) groups excluding carboxylic acids is 1. The predicted octanol–water partition coefficient (Wildman–Crippen LogP) is 1.20. The number of hydrogen-bond acceptors (Lipinski definition) is 4. The van der Waals surface area contributed by atoms with Gasteiger partial charge in [-0.2, -0.15) is 10.2 Å². The molecule has 5 nitrogen and oxygen atoms in total. The summed E-state index contributed by atoms with van der Waals surface area (Å²) >= 11 is 0. The van der Waals surface area contributed by atoms with Gasteiger partial charge < -0.3 is 10.2 Å². The first-order valence-corrected chi connectivity index (χ1v) is 6.48. The summed E-state index contributed by atoms with van der Waals surface area (Å²) in [5.74, 6) is 0.0823. The van der Waals surface area contributed by atoms with Gasteiger partial charge in [0.2, 0.25) is 0 Å². The van der Waals surface area contributed by atoms with Crippen LogP contribution in [0.5, 0.6) is 0 Å². The number of carbonyl (C=O) groups is 1. The standard InChI is InChI=1S/C13H20N4O.ClH/c1-4-12-11(7-9(2)15-16-12)13(18)17-6-5-14-8-10(17)3;/h7,10,14H,4-6,8H2,1-3H3;1H/t10-;/m0./s1. The Morgan fingerprint density at radius 2 is 2.26 bits per heavy atom. The summed E-state index contributed by atoms with van der Waals surface area (Å²) in [6.45, 7) is 8.39. The highest BCUT2D eigenvalue weighted by atomic mass is 35.5. The quantitative estimate of drug-likeness (QED) is 0.887. The van der Waals surface area contributed by atoms with Crippen molar-refractivity contribution in [1.82, 2.24) is 20.4 Å². The van der Waals surface area contributed by atoms with Crippen LogP contribution < -0.4 is 5.32 Å². The molecule has 1 saturated heterocycles. The highest BCUT2D eigenvalue weighted by Gasteiger charge is 2.26. The predicted molar refractivity (Wildman–Crippen MR) is 76.8 cm³/mol. The summed E-state index contributed by atoms with van der Waals surface area (Å²) in [7, 11) is 0. The second-order valence-corrected chi connectivity index (χ2v) is 4.75. The minimum absolute atomic E-state index is 0. The first-order chi connectivity index (χ1) is 8.63. The topological polar surface area (TPSA) is 58.1 Å². The Hall–Kier alpha value is -1.20. The summed E-state index contributed by atoms with van der Waals surface area (Å²) in [6, 6.07) is 2.08. The average molecular weight is 285 g/mol. The molecule has 0 bridgehead atoms. The molecule has 1 aliphatic rings. The number of nitrogens with one attached hydrogen (secondary N) is 1. The maximum absolute atomic E-state index is 12.6. The van der Waals surface area contributed by atoms with Gasteiger partial charge in [-0.15, -0.1) is 12.4 Å². The van der Waals surface area contributed by atoms with Crippen molar-refractivity contribution < 1.29 is 4.79 Å². The zero-order chi connectivity index (χ0) is 13.1. The highest BCUT2D eigenvalue weighted by molar-refractivity contribution is 5.95. The van der Waals surface area contributed by atoms with Crippen LogP contribution in [0.4, 0.5) is 0 Å². The van der Waals surface area contributed by atoms with Crippen LogP contribution in [0.1, 0.15) is 35.6 Å². The van der Waals surface area contributed by atoms with Crippen molar-refractivity contribution >= 4 is 18.3 Å². The molecule has 6 heteroatoms. The van der Waals surface area contributed by atoms with Crippen molar-refractivity contribution in [2.24, 2.45) is 0 Å². The smallest absolute Gasteiger partial charge is 0.256 e. The van der Waals surface area contributed by atoms with E-state index < -0.39 is 0 Å². The van der Waals surface area contributed by atoms with Crippen LogP contribution >= 0.6 is 12.4 Å². The molecule has 1 aromatic heterocycles. The van der Waals surface area contributed by atoms with Gasteiger partial charge in [-0.3, -0.25) is 4.79 Å². The largest absolute Gasteiger partial charge is 0.333 e. The lowest BCUT2D eigenvalue weighted by Gasteiger charge is -2.34. The lowest BCUT2D eigenvalue weighted by molar-refractivity contribution is 0.0653. The van der Waals surface area contributed by atoms with E-state index in [9.17, 15) is 4.79 Å². The van der Waals surface area contributed by atoms with Gasteiger partial charge in [0.05, 0.1) is 17.0 Å². The molecule has 106 valence electrons.